The first-order chi connectivity index (χ1) is 8.18. The van der Waals surface area contributed by atoms with E-state index in [1.807, 2.05) is 0 Å². The van der Waals surface area contributed by atoms with E-state index in [0.29, 0.717) is 12.1 Å². The molecule has 0 radical (unpaired) electrons. The number of esters is 1. The number of nitrogens with zero attached hydrogens (tertiary/aromatic N) is 1. The maximum absolute atomic E-state index is 12.5. The number of halogens is 3. The van der Waals surface area contributed by atoms with E-state index in [0.717, 1.165) is 7.11 Å². The molecule has 9 heteroatoms. The molecule has 0 spiro atoms. The molecule has 1 aromatic rings. The van der Waals surface area contributed by atoms with Gasteiger partial charge in [0, 0.05) is 6.07 Å². The van der Waals surface area contributed by atoms with E-state index in [1.54, 1.807) is 0 Å². The van der Waals surface area contributed by atoms with E-state index in [9.17, 15) is 28.1 Å². The lowest BCUT2D eigenvalue weighted by Gasteiger charge is -2.11. The number of methoxy groups -OCH3 is 1. The van der Waals surface area contributed by atoms with Crippen molar-refractivity contribution >= 4 is 17.3 Å². The maximum atomic E-state index is 12.5. The smallest absolute Gasteiger partial charge is 0.418 e. The molecule has 0 unspecified atom stereocenters. The molecule has 0 saturated heterocycles. The number of nitro benzene ring substituents is 1. The molecule has 18 heavy (non-hydrogen) atoms. The monoisotopic (exact) mass is 264 g/mol. The standard InChI is InChI=1S/C9H7F3N2O4/c1-18-8(15)4-2-5(9(10,11)12)6(13)3-7(4)14(16)17/h2-3H,13H2,1H3. The minimum absolute atomic E-state index is 0.305. The number of rotatable bonds is 2. The van der Waals surface area contributed by atoms with Crippen LogP contribution in [0.1, 0.15) is 15.9 Å². The van der Waals surface area contributed by atoms with Crippen molar-refractivity contribution in [3.05, 3.63) is 33.4 Å². The van der Waals surface area contributed by atoms with Gasteiger partial charge in [-0.25, -0.2) is 4.79 Å². The lowest BCUT2D eigenvalue weighted by molar-refractivity contribution is -0.385. The second-order valence-electron chi connectivity index (χ2n) is 3.20. The molecule has 1 aromatic carbocycles. The number of alkyl halides is 3. The van der Waals surface area contributed by atoms with Gasteiger partial charge in [0.1, 0.15) is 5.56 Å². The largest absolute Gasteiger partial charge is 0.465 e. The Morgan fingerprint density at radius 1 is 1.44 bits per heavy atom. The molecule has 6 nitrogen and oxygen atoms in total. The number of hydrogen-bond donors (Lipinski definition) is 1. The topological polar surface area (TPSA) is 95.5 Å². The number of ether oxygens (including phenoxy) is 1. The summed E-state index contributed by atoms with van der Waals surface area (Å²) in [5.74, 6) is -1.24. The van der Waals surface area contributed by atoms with E-state index in [2.05, 4.69) is 4.74 Å². The number of carbonyl (C=O) groups is 1. The molecule has 0 fully saturated rings. The van der Waals surface area contributed by atoms with Crippen LogP contribution < -0.4 is 5.73 Å². The van der Waals surface area contributed by atoms with Crippen molar-refractivity contribution in [3.63, 3.8) is 0 Å². The highest BCUT2D eigenvalue weighted by Gasteiger charge is 2.36. The van der Waals surface area contributed by atoms with E-state index >= 15 is 0 Å². The summed E-state index contributed by atoms with van der Waals surface area (Å²) in [6.07, 6.45) is -4.82. The fourth-order valence-corrected chi connectivity index (χ4v) is 1.27. The number of hydrogen-bond acceptors (Lipinski definition) is 5. The van der Waals surface area contributed by atoms with Gasteiger partial charge in [-0.15, -0.1) is 0 Å². The second-order valence-corrected chi connectivity index (χ2v) is 3.20. The zero-order chi connectivity index (χ0) is 14.1. The summed E-state index contributed by atoms with van der Waals surface area (Å²) in [6.45, 7) is 0. The normalized spacial score (nSPS) is 11.1. The van der Waals surface area contributed by atoms with Crippen molar-refractivity contribution in [2.24, 2.45) is 0 Å². The highest BCUT2D eigenvalue weighted by Crippen LogP contribution is 2.37. The minimum atomic E-state index is -4.82. The first-order valence-electron chi connectivity index (χ1n) is 4.42. The molecule has 0 bridgehead atoms. The van der Waals surface area contributed by atoms with E-state index in [1.165, 1.54) is 0 Å². The van der Waals surface area contributed by atoms with Crippen LogP contribution in [0.2, 0.25) is 0 Å². The third-order valence-corrected chi connectivity index (χ3v) is 2.08. The highest BCUT2D eigenvalue weighted by atomic mass is 19.4. The Hall–Kier alpha value is -2.32. The predicted octanol–water partition coefficient (Wildman–Crippen LogP) is 1.98. The van der Waals surface area contributed by atoms with Gasteiger partial charge < -0.3 is 10.5 Å². The van der Waals surface area contributed by atoms with Gasteiger partial charge in [-0.1, -0.05) is 0 Å². The number of nitrogens with two attached hydrogens (primary N) is 1. The number of benzene rings is 1. The van der Waals surface area contributed by atoms with Crippen LogP contribution in [0, 0.1) is 10.1 Å². The number of carbonyl (C=O) groups excluding carboxylic acids is 1. The Kier molecular flexibility index (Phi) is 3.44. The Morgan fingerprint density at radius 3 is 2.39 bits per heavy atom. The fourth-order valence-electron chi connectivity index (χ4n) is 1.27. The molecule has 98 valence electrons. The molecular weight excluding hydrogens is 257 g/mol. The van der Waals surface area contributed by atoms with Crippen LogP contribution in [0.3, 0.4) is 0 Å². The maximum Gasteiger partial charge on any atom is 0.418 e. The zero-order valence-electron chi connectivity index (χ0n) is 8.95. The van der Waals surface area contributed by atoms with Crippen LogP contribution in [-0.2, 0) is 10.9 Å². The highest BCUT2D eigenvalue weighted by molar-refractivity contribution is 5.95. The summed E-state index contributed by atoms with van der Waals surface area (Å²) >= 11 is 0. The van der Waals surface area contributed by atoms with E-state index in [-0.39, 0.29) is 0 Å². The quantitative estimate of drug-likeness (QED) is 0.381. The average molecular weight is 264 g/mol. The van der Waals surface area contributed by atoms with Gasteiger partial charge in [-0.05, 0) is 6.07 Å². The number of nitro groups is 1. The Morgan fingerprint density at radius 2 is 2.00 bits per heavy atom. The van der Waals surface area contributed by atoms with Crippen molar-refractivity contribution in [2.45, 2.75) is 6.18 Å². The second kappa shape index (κ2) is 4.51. The molecule has 0 atom stereocenters. The zero-order valence-corrected chi connectivity index (χ0v) is 8.95. The van der Waals surface area contributed by atoms with Gasteiger partial charge in [0.05, 0.1) is 23.3 Å². The summed E-state index contributed by atoms with van der Waals surface area (Å²) in [6, 6.07) is 0.786. The SMILES string of the molecule is COC(=O)c1cc(C(F)(F)F)c(N)cc1[N+](=O)[O-]. The summed E-state index contributed by atoms with van der Waals surface area (Å²) in [7, 11) is 0.898. The molecule has 0 aliphatic heterocycles. The summed E-state index contributed by atoms with van der Waals surface area (Å²) in [4.78, 5) is 20.8. The van der Waals surface area contributed by atoms with Crippen molar-refractivity contribution < 1.29 is 27.6 Å². The molecule has 2 N–H and O–H groups in total. The first kappa shape index (κ1) is 13.7. The van der Waals surface area contributed by atoms with E-state index in [4.69, 9.17) is 5.73 Å². The van der Waals surface area contributed by atoms with Gasteiger partial charge in [0.15, 0.2) is 0 Å². The molecule has 0 heterocycles. The van der Waals surface area contributed by atoms with Crippen molar-refractivity contribution in [1.82, 2.24) is 0 Å². The fraction of sp³-hybridized carbons (Fsp3) is 0.222. The summed E-state index contributed by atoms with van der Waals surface area (Å²) < 4.78 is 41.8. The van der Waals surface area contributed by atoms with Crippen LogP contribution in [-0.4, -0.2) is 18.0 Å². The third-order valence-electron chi connectivity index (χ3n) is 2.08. The Labute approximate surface area is 98.3 Å². The van der Waals surface area contributed by atoms with Gasteiger partial charge in [0.2, 0.25) is 0 Å². The molecule has 0 aliphatic rings. The number of anilines is 1. The molecule has 0 saturated carbocycles. The molecule has 0 aliphatic carbocycles. The lowest BCUT2D eigenvalue weighted by atomic mass is 10.1. The van der Waals surface area contributed by atoms with Gasteiger partial charge in [-0.2, -0.15) is 13.2 Å². The molecule has 1 rings (SSSR count). The van der Waals surface area contributed by atoms with Gasteiger partial charge >= 0.3 is 12.1 Å². The van der Waals surface area contributed by atoms with Crippen molar-refractivity contribution in [3.8, 4) is 0 Å². The first-order valence-corrected chi connectivity index (χ1v) is 4.42. The molecule has 0 amide bonds. The predicted molar refractivity (Wildman–Crippen MR) is 53.9 cm³/mol. The number of nitrogen functional groups attached to an aromatic ring is 1. The Bertz CT molecular complexity index is 513. The minimum Gasteiger partial charge on any atom is -0.465 e. The summed E-state index contributed by atoms with van der Waals surface area (Å²) in [5.41, 5.74) is 1.28. The van der Waals surface area contributed by atoms with Crippen LogP contribution in [0.25, 0.3) is 0 Å². The molecule has 0 aromatic heterocycles. The van der Waals surface area contributed by atoms with Crippen molar-refractivity contribution in [2.75, 3.05) is 12.8 Å². The van der Waals surface area contributed by atoms with Crippen molar-refractivity contribution in [1.29, 1.82) is 0 Å². The lowest BCUT2D eigenvalue weighted by Crippen LogP contribution is -2.13. The molecular formula is C9H7F3N2O4. The van der Waals surface area contributed by atoms with Crippen LogP contribution >= 0.6 is 0 Å². The Balaban J connectivity index is 3.56. The third kappa shape index (κ3) is 2.50. The van der Waals surface area contributed by atoms with Crippen LogP contribution in [0.5, 0.6) is 0 Å². The van der Waals surface area contributed by atoms with Crippen LogP contribution in [0.4, 0.5) is 24.5 Å². The van der Waals surface area contributed by atoms with Gasteiger partial charge in [-0.3, -0.25) is 10.1 Å². The van der Waals surface area contributed by atoms with Gasteiger partial charge in [0.25, 0.3) is 5.69 Å². The summed E-state index contributed by atoms with van der Waals surface area (Å²) in [5, 5.41) is 10.6. The van der Waals surface area contributed by atoms with Crippen LogP contribution in [0.15, 0.2) is 12.1 Å². The average Bonchev–Trinajstić information content (AvgIpc) is 2.25. The van der Waals surface area contributed by atoms with E-state index < -0.39 is 39.6 Å².